The normalized spacial score (nSPS) is 18.1. The fourth-order valence-corrected chi connectivity index (χ4v) is 6.97. The fourth-order valence-electron chi connectivity index (χ4n) is 4.52. The zero-order valence-corrected chi connectivity index (χ0v) is 22.1. The van der Waals surface area contributed by atoms with Crippen molar-refractivity contribution in [3.8, 4) is 0 Å². The number of carbonyl (C=O) groups excluding carboxylic acids is 3. The minimum Gasteiger partial charge on any atom is -0.462 e. The largest absolute Gasteiger partial charge is 0.462 e. The van der Waals surface area contributed by atoms with Crippen LogP contribution >= 0.6 is 23.1 Å². The Labute approximate surface area is 223 Å². The van der Waals surface area contributed by atoms with Crippen LogP contribution in [-0.4, -0.2) is 34.8 Å². The van der Waals surface area contributed by atoms with E-state index in [1.165, 1.54) is 23.1 Å². The van der Waals surface area contributed by atoms with Crippen LogP contribution in [-0.2, 0) is 27.2 Å². The number of aliphatic imine (C=N–C) groups is 1. The summed E-state index contributed by atoms with van der Waals surface area (Å²) in [5, 5.41) is 3.34. The third-order valence-corrected chi connectivity index (χ3v) is 8.55. The zero-order valence-electron chi connectivity index (χ0n) is 20.4. The smallest absolute Gasteiger partial charge is 0.341 e. The van der Waals surface area contributed by atoms with Gasteiger partial charge in [0.1, 0.15) is 10.3 Å². The summed E-state index contributed by atoms with van der Waals surface area (Å²) in [5.41, 5.74) is 2.89. The Balaban J connectivity index is 1.38. The molecule has 0 spiro atoms. The van der Waals surface area contributed by atoms with Crippen molar-refractivity contribution in [1.29, 1.82) is 0 Å². The van der Waals surface area contributed by atoms with E-state index in [1.54, 1.807) is 11.8 Å². The molecule has 1 aliphatic carbocycles. The topological polar surface area (TPSA) is 88.1 Å². The van der Waals surface area contributed by atoms with Gasteiger partial charge in [-0.15, -0.1) is 11.3 Å². The molecule has 1 saturated heterocycles. The van der Waals surface area contributed by atoms with Gasteiger partial charge in [0.05, 0.1) is 23.5 Å². The number of thioether (sulfide) groups is 1. The van der Waals surface area contributed by atoms with E-state index < -0.39 is 11.2 Å². The molecule has 1 aliphatic heterocycles. The molecule has 2 heterocycles. The molecule has 1 aromatic heterocycles. The summed E-state index contributed by atoms with van der Waals surface area (Å²) >= 11 is 2.72. The van der Waals surface area contributed by atoms with Crippen LogP contribution in [0.5, 0.6) is 0 Å². The summed E-state index contributed by atoms with van der Waals surface area (Å²) < 4.78 is 5.29. The molecule has 2 amide bonds. The lowest BCUT2D eigenvalue weighted by Gasteiger charge is -2.16. The summed E-state index contributed by atoms with van der Waals surface area (Å²) in [6, 6.07) is 18.7. The third kappa shape index (κ3) is 5.47. The molecule has 7 nitrogen and oxygen atoms in total. The van der Waals surface area contributed by atoms with E-state index in [0.29, 0.717) is 21.4 Å². The summed E-state index contributed by atoms with van der Waals surface area (Å²) in [6.45, 7) is 2.04. The summed E-state index contributed by atoms with van der Waals surface area (Å²) in [5.74, 6) is -0.919. The second-order valence-corrected chi connectivity index (χ2v) is 11.0. The van der Waals surface area contributed by atoms with Gasteiger partial charge in [-0.25, -0.2) is 9.79 Å². The van der Waals surface area contributed by atoms with Crippen LogP contribution in [0.15, 0.2) is 65.7 Å². The van der Waals surface area contributed by atoms with Gasteiger partial charge in [0.15, 0.2) is 5.17 Å². The highest BCUT2D eigenvalue weighted by Crippen LogP contribution is 2.40. The highest BCUT2D eigenvalue weighted by atomic mass is 32.2. The maximum Gasteiger partial charge on any atom is 0.341 e. The molecule has 0 bridgehead atoms. The molecule has 1 atom stereocenters. The standard InChI is InChI=1S/C28H27N3O4S2/c1-2-35-27(34)24-20-15-9-10-16-21(20)36-25(24)30-23(32)17-22-26(33)31(19-13-7-4-8-14-19)28(37-22)29-18-11-5-3-6-12-18/h3-8,11-14,22H,2,9-10,15-17H2,1H3,(H,30,32). The molecule has 1 fully saturated rings. The number of hydrogen-bond acceptors (Lipinski definition) is 7. The first kappa shape index (κ1) is 25.2. The van der Waals surface area contributed by atoms with Crippen molar-refractivity contribution in [2.24, 2.45) is 4.99 Å². The number of para-hydroxylation sites is 2. The third-order valence-electron chi connectivity index (χ3n) is 6.20. The van der Waals surface area contributed by atoms with Crippen molar-refractivity contribution in [3.63, 3.8) is 0 Å². The first-order valence-electron chi connectivity index (χ1n) is 12.4. The number of nitrogens with one attached hydrogen (secondary N) is 1. The van der Waals surface area contributed by atoms with Crippen LogP contribution in [0.2, 0.25) is 0 Å². The average Bonchev–Trinajstić information content (AvgIpc) is 3.41. The van der Waals surface area contributed by atoms with Gasteiger partial charge in [-0.2, -0.15) is 0 Å². The molecule has 0 radical (unpaired) electrons. The lowest BCUT2D eigenvalue weighted by Crippen LogP contribution is -2.33. The van der Waals surface area contributed by atoms with Crippen LogP contribution in [0.25, 0.3) is 0 Å². The second-order valence-electron chi connectivity index (χ2n) is 8.73. The molecule has 3 aromatic rings. The number of amidine groups is 1. The van der Waals surface area contributed by atoms with Crippen molar-refractivity contribution in [2.45, 2.75) is 44.3 Å². The summed E-state index contributed by atoms with van der Waals surface area (Å²) in [4.78, 5) is 46.8. The molecule has 1 N–H and O–H groups in total. The highest BCUT2D eigenvalue weighted by Gasteiger charge is 2.40. The van der Waals surface area contributed by atoms with Crippen LogP contribution in [0.4, 0.5) is 16.4 Å². The van der Waals surface area contributed by atoms with Crippen LogP contribution < -0.4 is 10.2 Å². The Hall–Kier alpha value is -3.43. The van der Waals surface area contributed by atoms with E-state index in [2.05, 4.69) is 5.32 Å². The van der Waals surface area contributed by atoms with Crippen molar-refractivity contribution in [1.82, 2.24) is 0 Å². The number of rotatable bonds is 7. The Kier molecular flexibility index (Phi) is 7.71. The number of hydrogen-bond donors (Lipinski definition) is 1. The van der Waals surface area contributed by atoms with Crippen LogP contribution in [0.3, 0.4) is 0 Å². The van der Waals surface area contributed by atoms with E-state index >= 15 is 0 Å². The van der Waals surface area contributed by atoms with E-state index in [0.717, 1.165) is 41.8 Å². The SMILES string of the molecule is CCOC(=O)c1c(NC(=O)CC2SC(=Nc3ccccc3)N(c3ccccc3)C2=O)sc2c1CCCC2. The monoisotopic (exact) mass is 533 g/mol. The minimum absolute atomic E-state index is 0.0362. The predicted octanol–water partition coefficient (Wildman–Crippen LogP) is 5.97. The molecule has 5 rings (SSSR count). The number of amides is 2. The Morgan fingerprint density at radius 3 is 2.49 bits per heavy atom. The maximum atomic E-state index is 13.5. The molecular weight excluding hydrogens is 506 g/mol. The molecule has 2 aromatic carbocycles. The van der Waals surface area contributed by atoms with Crippen molar-refractivity contribution < 1.29 is 19.1 Å². The molecule has 9 heteroatoms. The lowest BCUT2D eigenvalue weighted by atomic mass is 9.95. The van der Waals surface area contributed by atoms with Gasteiger partial charge < -0.3 is 10.1 Å². The number of nitrogens with zero attached hydrogens (tertiary/aromatic N) is 2. The number of benzene rings is 2. The zero-order chi connectivity index (χ0) is 25.8. The van der Waals surface area contributed by atoms with Crippen LogP contribution in [0.1, 0.15) is 47.0 Å². The fraction of sp³-hybridized carbons (Fsp3) is 0.286. The first-order chi connectivity index (χ1) is 18.0. The van der Waals surface area contributed by atoms with Gasteiger partial charge in [-0.1, -0.05) is 48.2 Å². The van der Waals surface area contributed by atoms with Crippen LogP contribution in [0, 0.1) is 0 Å². The van der Waals surface area contributed by atoms with Gasteiger partial charge in [0, 0.05) is 11.3 Å². The van der Waals surface area contributed by atoms with Gasteiger partial charge in [0.2, 0.25) is 11.8 Å². The molecule has 190 valence electrons. The Morgan fingerprint density at radius 2 is 1.76 bits per heavy atom. The van der Waals surface area contributed by atoms with Gasteiger partial charge >= 0.3 is 5.97 Å². The van der Waals surface area contributed by atoms with Gasteiger partial charge in [-0.05, 0) is 62.4 Å². The van der Waals surface area contributed by atoms with E-state index in [1.807, 2.05) is 60.7 Å². The van der Waals surface area contributed by atoms with Gasteiger partial charge in [0.25, 0.3) is 0 Å². The number of thiophene rings is 1. The van der Waals surface area contributed by atoms with E-state index in [-0.39, 0.29) is 24.8 Å². The number of aryl methyl sites for hydroxylation is 1. The van der Waals surface area contributed by atoms with E-state index in [9.17, 15) is 14.4 Å². The second kappa shape index (κ2) is 11.3. The Morgan fingerprint density at radius 1 is 1.05 bits per heavy atom. The number of fused-ring (bicyclic) bond motifs is 1. The van der Waals surface area contributed by atoms with Gasteiger partial charge in [-0.3, -0.25) is 14.5 Å². The van der Waals surface area contributed by atoms with Crippen molar-refractivity contribution >= 4 is 62.4 Å². The number of esters is 1. The van der Waals surface area contributed by atoms with Crippen molar-refractivity contribution in [3.05, 3.63) is 76.7 Å². The lowest BCUT2D eigenvalue weighted by molar-refractivity contribution is -0.121. The molecule has 2 aliphatic rings. The molecule has 1 unspecified atom stereocenters. The predicted molar refractivity (Wildman–Crippen MR) is 149 cm³/mol. The minimum atomic E-state index is -0.636. The first-order valence-corrected chi connectivity index (χ1v) is 14.1. The molecule has 0 saturated carbocycles. The summed E-state index contributed by atoms with van der Waals surface area (Å²) in [7, 11) is 0. The Bertz CT molecular complexity index is 1340. The highest BCUT2D eigenvalue weighted by molar-refractivity contribution is 8.16. The number of anilines is 2. The average molecular weight is 534 g/mol. The van der Waals surface area contributed by atoms with Crippen molar-refractivity contribution in [2.75, 3.05) is 16.8 Å². The molecular formula is C28H27N3O4S2. The number of ether oxygens (including phenoxy) is 1. The van der Waals surface area contributed by atoms with E-state index in [4.69, 9.17) is 9.73 Å². The summed E-state index contributed by atoms with van der Waals surface area (Å²) in [6.07, 6.45) is 3.74. The molecule has 37 heavy (non-hydrogen) atoms. The quantitative estimate of drug-likeness (QED) is 0.378. The number of carbonyl (C=O) groups is 3. The maximum absolute atomic E-state index is 13.5.